The van der Waals surface area contributed by atoms with Gasteiger partial charge in [-0.2, -0.15) is 0 Å². The third kappa shape index (κ3) is 3.47. The van der Waals surface area contributed by atoms with Crippen molar-refractivity contribution >= 4 is 17.5 Å². The zero-order valence-corrected chi connectivity index (χ0v) is 12.7. The number of carbonyl (C=O) groups excluding carboxylic acids is 2. The zero-order valence-electron chi connectivity index (χ0n) is 12.7. The maximum atomic E-state index is 11.8. The summed E-state index contributed by atoms with van der Waals surface area (Å²) in [6, 6.07) is 5.98. The van der Waals surface area contributed by atoms with Crippen LogP contribution in [0, 0.1) is 0 Å². The molecule has 1 aromatic rings. The summed E-state index contributed by atoms with van der Waals surface area (Å²) in [4.78, 5) is 23.1. The fourth-order valence-corrected chi connectivity index (χ4v) is 3.00. The number of nitrogens with one attached hydrogen (secondary N) is 2. The molecule has 1 heterocycles. The molecule has 0 atom stereocenters. The van der Waals surface area contributed by atoms with Crippen LogP contribution in [0.3, 0.4) is 0 Å². The Bertz CT molecular complexity index is 594. The van der Waals surface area contributed by atoms with Crippen molar-refractivity contribution < 1.29 is 14.7 Å². The van der Waals surface area contributed by atoms with Gasteiger partial charge in [-0.1, -0.05) is 12.1 Å². The number of anilines is 1. The number of rotatable bonds is 6. The van der Waals surface area contributed by atoms with Gasteiger partial charge < -0.3 is 15.7 Å². The highest BCUT2D eigenvalue weighted by atomic mass is 16.3. The van der Waals surface area contributed by atoms with Gasteiger partial charge in [-0.15, -0.1) is 0 Å². The predicted molar refractivity (Wildman–Crippen MR) is 83.5 cm³/mol. The van der Waals surface area contributed by atoms with E-state index in [0.29, 0.717) is 19.4 Å². The molecule has 2 aliphatic rings. The Kier molecular flexibility index (Phi) is 4.16. The molecule has 5 heteroatoms. The van der Waals surface area contributed by atoms with Gasteiger partial charge in [0.25, 0.3) is 0 Å². The highest BCUT2D eigenvalue weighted by Crippen LogP contribution is 2.30. The van der Waals surface area contributed by atoms with Crippen LogP contribution in [0.2, 0.25) is 0 Å². The molecule has 0 unspecified atom stereocenters. The first-order valence-corrected chi connectivity index (χ1v) is 7.95. The lowest BCUT2D eigenvalue weighted by atomic mass is 9.80. The number of aliphatic hydroxyl groups is 1. The largest absolute Gasteiger partial charge is 0.388 e. The lowest BCUT2D eigenvalue weighted by Gasteiger charge is -2.36. The number of fused-ring (bicyclic) bond motifs is 1. The smallest absolute Gasteiger partial charge is 0.228 e. The quantitative estimate of drug-likeness (QED) is 0.746. The average molecular weight is 302 g/mol. The Hall–Kier alpha value is -1.88. The minimum atomic E-state index is -0.658. The number of hydrogen-bond acceptors (Lipinski definition) is 3. The molecular formula is C17H22N2O3. The molecule has 0 spiro atoms. The van der Waals surface area contributed by atoms with Crippen LogP contribution in [0.5, 0.6) is 0 Å². The van der Waals surface area contributed by atoms with E-state index in [1.807, 2.05) is 18.2 Å². The van der Waals surface area contributed by atoms with Crippen LogP contribution in [0.15, 0.2) is 18.2 Å². The number of aryl methyl sites for hydroxylation is 1. The minimum Gasteiger partial charge on any atom is -0.388 e. The number of amides is 2. The summed E-state index contributed by atoms with van der Waals surface area (Å²) in [5, 5.41) is 15.6. The summed E-state index contributed by atoms with van der Waals surface area (Å²) in [5.74, 6) is 0.0405. The van der Waals surface area contributed by atoms with Gasteiger partial charge in [0, 0.05) is 18.7 Å². The van der Waals surface area contributed by atoms with E-state index < -0.39 is 5.60 Å². The van der Waals surface area contributed by atoms with Gasteiger partial charge >= 0.3 is 0 Å². The molecule has 2 amide bonds. The molecule has 1 fully saturated rings. The second-order valence-corrected chi connectivity index (χ2v) is 6.42. The summed E-state index contributed by atoms with van der Waals surface area (Å²) >= 11 is 0. The Balaban J connectivity index is 1.40. The molecule has 1 aliphatic carbocycles. The Labute approximate surface area is 130 Å². The normalized spacial score (nSPS) is 18.3. The third-order valence-corrected chi connectivity index (χ3v) is 4.56. The van der Waals surface area contributed by atoms with E-state index in [-0.39, 0.29) is 11.8 Å². The third-order valence-electron chi connectivity index (χ3n) is 4.56. The van der Waals surface area contributed by atoms with Crippen molar-refractivity contribution in [3.63, 3.8) is 0 Å². The van der Waals surface area contributed by atoms with Crippen LogP contribution in [-0.4, -0.2) is 29.1 Å². The Morgan fingerprint density at radius 3 is 2.91 bits per heavy atom. The van der Waals surface area contributed by atoms with Crippen LogP contribution in [0.1, 0.15) is 43.2 Å². The lowest BCUT2D eigenvalue weighted by Crippen LogP contribution is -2.47. The van der Waals surface area contributed by atoms with Gasteiger partial charge in [-0.25, -0.2) is 0 Å². The van der Waals surface area contributed by atoms with Crippen molar-refractivity contribution in [1.82, 2.24) is 5.32 Å². The first-order valence-electron chi connectivity index (χ1n) is 7.95. The van der Waals surface area contributed by atoms with E-state index in [1.54, 1.807) is 0 Å². The molecule has 0 radical (unpaired) electrons. The molecule has 118 valence electrons. The zero-order chi connectivity index (χ0) is 15.6. The van der Waals surface area contributed by atoms with Crippen molar-refractivity contribution in [3.8, 4) is 0 Å². The van der Waals surface area contributed by atoms with Crippen molar-refractivity contribution in [2.75, 3.05) is 11.9 Å². The van der Waals surface area contributed by atoms with E-state index in [9.17, 15) is 14.7 Å². The van der Waals surface area contributed by atoms with Crippen LogP contribution < -0.4 is 10.6 Å². The summed E-state index contributed by atoms with van der Waals surface area (Å²) in [7, 11) is 0. The molecule has 3 rings (SSSR count). The summed E-state index contributed by atoms with van der Waals surface area (Å²) in [6.45, 7) is 0.373. The van der Waals surface area contributed by atoms with Crippen LogP contribution in [0.25, 0.3) is 0 Å². The average Bonchev–Trinajstić information content (AvgIpc) is 2.82. The Morgan fingerprint density at radius 1 is 1.36 bits per heavy atom. The topological polar surface area (TPSA) is 78.4 Å². The van der Waals surface area contributed by atoms with Crippen molar-refractivity contribution in [1.29, 1.82) is 0 Å². The summed E-state index contributed by atoms with van der Waals surface area (Å²) < 4.78 is 0. The molecule has 5 nitrogen and oxygen atoms in total. The highest BCUT2D eigenvalue weighted by molar-refractivity contribution is 5.99. The van der Waals surface area contributed by atoms with Crippen molar-refractivity contribution in [3.05, 3.63) is 29.3 Å². The monoisotopic (exact) mass is 302 g/mol. The second kappa shape index (κ2) is 6.08. The van der Waals surface area contributed by atoms with Crippen LogP contribution >= 0.6 is 0 Å². The maximum Gasteiger partial charge on any atom is 0.228 e. The fraction of sp³-hybridized carbons (Fsp3) is 0.529. The molecular weight excluding hydrogens is 280 g/mol. The molecule has 1 saturated carbocycles. The van der Waals surface area contributed by atoms with Gasteiger partial charge in [0.05, 0.1) is 12.0 Å². The van der Waals surface area contributed by atoms with E-state index >= 15 is 0 Å². The molecule has 0 bridgehead atoms. The van der Waals surface area contributed by atoms with E-state index in [0.717, 1.165) is 48.9 Å². The molecule has 3 N–H and O–H groups in total. The highest BCUT2D eigenvalue weighted by Gasteiger charge is 2.34. The van der Waals surface area contributed by atoms with Crippen molar-refractivity contribution in [2.45, 2.75) is 50.5 Å². The SMILES string of the molecule is O=C(CCCc1ccc2c(c1)CC(=O)N2)NCC1(O)CCC1. The van der Waals surface area contributed by atoms with Gasteiger partial charge in [0.2, 0.25) is 11.8 Å². The summed E-state index contributed by atoms with van der Waals surface area (Å²) in [6.07, 6.45) is 5.11. The molecule has 1 aromatic carbocycles. The van der Waals surface area contributed by atoms with E-state index in [4.69, 9.17) is 0 Å². The predicted octanol–water partition coefficient (Wildman–Crippen LogP) is 1.54. The van der Waals surface area contributed by atoms with Crippen LogP contribution in [-0.2, 0) is 22.4 Å². The Morgan fingerprint density at radius 2 is 2.18 bits per heavy atom. The number of benzene rings is 1. The van der Waals surface area contributed by atoms with Gasteiger partial charge in [-0.05, 0) is 49.3 Å². The van der Waals surface area contributed by atoms with Gasteiger partial charge in [0.1, 0.15) is 0 Å². The number of carbonyl (C=O) groups is 2. The number of hydrogen-bond donors (Lipinski definition) is 3. The van der Waals surface area contributed by atoms with Gasteiger partial charge in [0.15, 0.2) is 0 Å². The first-order chi connectivity index (χ1) is 10.5. The molecule has 0 saturated heterocycles. The molecule has 22 heavy (non-hydrogen) atoms. The van der Waals surface area contributed by atoms with Gasteiger partial charge in [-0.3, -0.25) is 9.59 Å². The molecule has 0 aromatic heterocycles. The van der Waals surface area contributed by atoms with Crippen LogP contribution in [0.4, 0.5) is 5.69 Å². The molecule has 1 aliphatic heterocycles. The van der Waals surface area contributed by atoms with E-state index in [1.165, 1.54) is 0 Å². The van der Waals surface area contributed by atoms with E-state index in [2.05, 4.69) is 10.6 Å². The minimum absolute atomic E-state index is 0.00155. The summed E-state index contributed by atoms with van der Waals surface area (Å²) in [5.41, 5.74) is 2.44. The maximum absolute atomic E-state index is 11.8. The lowest BCUT2D eigenvalue weighted by molar-refractivity contribution is -0.123. The standard InChI is InChI=1S/C17H22N2O3/c20-15(18-11-17(22)7-2-8-17)4-1-3-12-5-6-14-13(9-12)10-16(21)19-14/h5-6,9,22H,1-4,7-8,10-11H2,(H,18,20)(H,19,21). The first kappa shape index (κ1) is 15.0. The second-order valence-electron chi connectivity index (χ2n) is 6.42. The van der Waals surface area contributed by atoms with Crippen molar-refractivity contribution in [2.24, 2.45) is 0 Å². The fourth-order valence-electron chi connectivity index (χ4n) is 3.00.